The monoisotopic (exact) mass is 410 g/mol. The summed E-state index contributed by atoms with van der Waals surface area (Å²) in [5.41, 5.74) is 4.07. The molecule has 1 heterocycles. The number of hydrogen-bond donors (Lipinski definition) is 1. The fraction of sp³-hybridized carbons (Fsp3) is 0.0500. The molecule has 146 valence electrons. The van der Waals surface area contributed by atoms with Crippen molar-refractivity contribution in [2.45, 2.75) is 6.61 Å². The molecule has 9 heteroatoms. The molecular formula is C20H15ClN4O4. The molecule has 0 aliphatic heterocycles. The summed E-state index contributed by atoms with van der Waals surface area (Å²) in [6.45, 7) is 0.205. The van der Waals surface area contributed by atoms with Gasteiger partial charge in [0, 0.05) is 18.3 Å². The maximum Gasteiger partial charge on any atom is 0.274 e. The van der Waals surface area contributed by atoms with Gasteiger partial charge in [-0.25, -0.2) is 10.4 Å². The van der Waals surface area contributed by atoms with Gasteiger partial charge < -0.3 is 4.74 Å². The van der Waals surface area contributed by atoms with E-state index in [9.17, 15) is 14.9 Å². The number of benzene rings is 2. The summed E-state index contributed by atoms with van der Waals surface area (Å²) in [6.07, 6.45) is 2.97. The molecule has 0 unspecified atom stereocenters. The van der Waals surface area contributed by atoms with E-state index in [1.165, 1.54) is 24.5 Å². The second-order valence-electron chi connectivity index (χ2n) is 5.83. The van der Waals surface area contributed by atoms with Crippen molar-refractivity contribution in [3.8, 4) is 5.75 Å². The Labute approximate surface area is 171 Å². The van der Waals surface area contributed by atoms with Crippen LogP contribution in [0.25, 0.3) is 0 Å². The Morgan fingerprint density at radius 1 is 1.21 bits per heavy atom. The third kappa shape index (κ3) is 5.60. The Morgan fingerprint density at radius 2 is 2.00 bits per heavy atom. The molecule has 3 aromatic rings. The van der Waals surface area contributed by atoms with Gasteiger partial charge in [-0.05, 0) is 47.5 Å². The minimum absolute atomic E-state index is 0.0206. The minimum atomic E-state index is -0.462. The first-order valence-corrected chi connectivity index (χ1v) is 8.81. The summed E-state index contributed by atoms with van der Waals surface area (Å²) < 4.78 is 5.64. The number of non-ortho nitro benzene ring substituents is 1. The molecule has 0 aliphatic rings. The number of halogens is 1. The number of nitro groups is 1. The average molecular weight is 411 g/mol. The van der Waals surface area contributed by atoms with Gasteiger partial charge in [-0.3, -0.25) is 14.9 Å². The minimum Gasteiger partial charge on any atom is -0.489 e. The number of rotatable bonds is 7. The van der Waals surface area contributed by atoms with Crippen LogP contribution in [0.5, 0.6) is 5.75 Å². The van der Waals surface area contributed by atoms with Crippen molar-refractivity contribution in [2.75, 3.05) is 0 Å². The lowest BCUT2D eigenvalue weighted by Crippen LogP contribution is -2.18. The van der Waals surface area contributed by atoms with Crippen LogP contribution in [0.15, 0.2) is 72.0 Å². The van der Waals surface area contributed by atoms with E-state index in [1.807, 2.05) is 0 Å². The highest BCUT2D eigenvalue weighted by molar-refractivity contribution is 6.32. The smallest absolute Gasteiger partial charge is 0.274 e. The van der Waals surface area contributed by atoms with Crippen molar-refractivity contribution in [3.63, 3.8) is 0 Å². The second-order valence-corrected chi connectivity index (χ2v) is 6.18. The second kappa shape index (κ2) is 9.43. The van der Waals surface area contributed by atoms with E-state index in [1.54, 1.807) is 48.5 Å². The van der Waals surface area contributed by atoms with Gasteiger partial charge in [0.25, 0.3) is 11.6 Å². The Morgan fingerprint density at radius 3 is 2.72 bits per heavy atom. The molecular weight excluding hydrogens is 396 g/mol. The van der Waals surface area contributed by atoms with Crippen LogP contribution in [-0.4, -0.2) is 22.0 Å². The van der Waals surface area contributed by atoms with Crippen LogP contribution >= 0.6 is 11.6 Å². The highest BCUT2D eigenvalue weighted by atomic mass is 35.5. The van der Waals surface area contributed by atoms with Crippen molar-refractivity contribution in [1.82, 2.24) is 10.4 Å². The first-order valence-electron chi connectivity index (χ1n) is 8.43. The van der Waals surface area contributed by atoms with Gasteiger partial charge in [-0.2, -0.15) is 5.10 Å². The maximum atomic E-state index is 12.0. The van der Waals surface area contributed by atoms with Crippen LogP contribution in [0, 0.1) is 10.1 Å². The Hall–Kier alpha value is -3.78. The van der Waals surface area contributed by atoms with Crippen molar-refractivity contribution < 1.29 is 14.5 Å². The number of amides is 1. The number of hydrogen-bond acceptors (Lipinski definition) is 6. The van der Waals surface area contributed by atoms with Crippen LogP contribution in [0.4, 0.5) is 5.69 Å². The predicted octanol–water partition coefficient (Wildman–Crippen LogP) is 3.99. The zero-order valence-corrected chi connectivity index (χ0v) is 15.7. The van der Waals surface area contributed by atoms with Crippen molar-refractivity contribution in [2.24, 2.45) is 5.10 Å². The predicted molar refractivity (Wildman–Crippen MR) is 108 cm³/mol. The molecule has 0 saturated carbocycles. The van der Waals surface area contributed by atoms with Crippen LogP contribution < -0.4 is 10.2 Å². The third-order valence-electron chi connectivity index (χ3n) is 3.79. The van der Waals surface area contributed by atoms with E-state index >= 15 is 0 Å². The van der Waals surface area contributed by atoms with E-state index in [4.69, 9.17) is 16.3 Å². The van der Waals surface area contributed by atoms with Crippen LogP contribution in [0.3, 0.4) is 0 Å². The molecule has 0 spiro atoms. The van der Waals surface area contributed by atoms with E-state index in [-0.39, 0.29) is 23.0 Å². The standard InChI is InChI=1S/C20H15ClN4O4/c21-19-18(5-2-10-22-19)20(26)24-23-12-14-6-8-17(9-7-14)29-13-15-3-1-4-16(11-15)25(27)28/h1-12H,13H2,(H,24,26). The van der Waals surface area contributed by atoms with Crippen LogP contribution in [0.1, 0.15) is 21.5 Å². The summed E-state index contributed by atoms with van der Waals surface area (Å²) in [7, 11) is 0. The number of pyridine rings is 1. The number of nitrogens with one attached hydrogen (secondary N) is 1. The van der Waals surface area contributed by atoms with Crippen LogP contribution in [0.2, 0.25) is 5.15 Å². The normalized spacial score (nSPS) is 10.7. The quantitative estimate of drug-likeness (QED) is 0.274. The van der Waals surface area contributed by atoms with E-state index < -0.39 is 10.8 Å². The molecule has 0 bridgehead atoms. The molecule has 1 aromatic heterocycles. The molecule has 0 radical (unpaired) electrons. The van der Waals surface area contributed by atoms with Crippen molar-refractivity contribution >= 4 is 29.4 Å². The van der Waals surface area contributed by atoms with Gasteiger partial charge in [-0.1, -0.05) is 23.7 Å². The molecule has 1 N–H and O–H groups in total. The average Bonchev–Trinajstić information content (AvgIpc) is 2.73. The number of carbonyl (C=O) groups excluding carboxylic acids is 1. The number of hydrazone groups is 1. The maximum absolute atomic E-state index is 12.0. The van der Waals surface area contributed by atoms with Gasteiger partial charge in [0.1, 0.15) is 17.5 Å². The Kier molecular flexibility index (Phi) is 6.49. The summed E-state index contributed by atoms with van der Waals surface area (Å²) in [4.78, 5) is 26.2. The SMILES string of the molecule is O=C(NN=Cc1ccc(OCc2cccc([N+](=O)[O-])c2)cc1)c1cccnc1Cl. The first-order chi connectivity index (χ1) is 14.0. The Bertz CT molecular complexity index is 1050. The summed E-state index contributed by atoms with van der Waals surface area (Å²) >= 11 is 5.86. The molecule has 3 rings (SSSR count). The lowest BCUT2D eigenvalue weighted by atomic mass is 10.2. The molecule has 0 fully saturated rings. The molecule has 0 atom stereocenters. The van der Waals surface area contributed by atoms with E-state index in [2.05, 4.69) is 15.5 Å². The zero-order valence-electron chi connectivity index (χ0n) is 15.0. The number of aromatic nitrogens is 1. The molecule has 8 nitrogen and oxygen atoms in total. The summed E-state index contributed by atoms with van der Waals surface area (Å²) in [5, 5.41) is 14.8. The zero-order chi connectivity index (χ0) is 20.6. The van der Waals surface area contributed by atoms with Crippen molar-refractivity contribution in [3.05, 3.63) is 98.8 Å². The fourth-order valence-corrected chi connectivity index (χ4v) is 2.56. The van der Waals surface area contributed by atoms with Crippen molar-refractivity contribution in [1.29, 1.82) is 0 Å². The summed E-state index contributed by atoms with van der Waals surface area (Å²) in [5.74, 6) is 0.135. The number of carbonyl (C=O) groups is 1. The largest absolute Gasteiger partial charge is 0.489 e. The number of nitrogens with zero attached hydrogens (tertiary/aromatic N) is 3. The van der Waals surface area contributed by atoms with Gasteiger partial charge in [0.05, 0.1) is 16.7 Å². The first kappa shape index (κ1) is 20.0. The molecule has 0 saturated heterocycles. The van der Waals surface area contributed by atoms with Gasteiger partial charge in [-0.15, -0.1) is 0 Å². The topological polar surface area (TPSA) is 107 Å². The fourth-order valence-electron chi connectivity index (χ4n) is 2.36. The number of nitro benzene ring substituents is 1. The third-order valence-corrected chi connectivity index (χ3v) is 4.09. The highest BCUT2D eigenvalue weighted by Crippen LogP contribution is 2.17. The lowest BCUT2D eigenvalue weighted by molar-refractivity contribution is -0.384. The van der Waals surface area contributed by atoms with Gasteiger partial charge in [0.2, 0.25) is 0 Å². The molecule has 1 amide bonds. The van der Waals surface area contributed by atoms with E-state index in [0.29, 0.717) is 11.3 Å². The number of ether oxygens (including phenoxy) is 1. The molecule has 2 aromatic carbocycles. The highest BCUT2D eigenvalue weighted by Gasteiger charge is 2.09. The molecule has 0 aliphatic carbocycles. The Balaban J connectivity index is 1.54. The van der Waals surface area contributed by atoms with Gasteiger partial charge in [0.15, 0.2) is 0 Å². The molecule has 29 heavy (non-hydrogen) atoms. The van der Waals surface area contributed by atoms with Gasteiger partial charge >= 0.3 is 0 Å². The van der Waals surface area contributed by atoms with E-state index in [0.717, 1.165) is 5.56 Å². The summed E-state index contributed by atoms with van der Waals surface area (Å²) in [6, 6.07) is 16.4. The van der Waals surface area contributed by atoms with Crippen LogP contribution in [-0.2, 0) is 6.61 Å². The lowest BCUT2D eigenvalue weighted by Gasteiger charge is -2.06.